The molecule has 0 radical (unpaired) electrons. The molecule has 0 saturated carbocycles. The topological polar surface area (TPSA) is 31.4 Å². The molecule has 0 atom stereocenters. The highest BCUT2D eigenvalue weighted by Gasteiger charge is 2.36. The summed E-state index contributed by atoms with van der Waals surface area (Å²) in [5, 5.41) is 0. The smallest absolute Gasteiger partial charge is 0.420 e. The zero-order chi connectivity index (χ0) is 18.6. The van der Waals surface area contributed by atoms with Gasteiger partial charge in [0.05, 0.1) is 12.8 Å². The van der Waals surface area contributed by atoms with Crippen LogP contribution in [0.1, 0.15) is 16.8 Å². The number of methoxy groups -OCH3 is 1. The average Bonchev–Trinajstić information content (AvgIpc) is 2.63. The number of nitrogens with zero attached hydrogens (tertiary/aromatic N) is 1. The van der Waals surface area contributed by atoms with Crippen LogP contribution in [-0.2, 0) is 12.6 Å². The molecule has 1 aromatic heterocycles. The molecule has 0 spiro atoms. The maximum atomic E-state index is 13.5. The van der Waals surface area contributed by atoms with Crippen molar-refractivity contribution in [3.05, 3.63) is 83.7 Å². The number of para-hydroxylation sites is 2. The number of halogens is 3. The van der Waals surface area contributed by atoms with Gasteiger partial charge in [-0.05, 0) is 23.8 Å². The fraction of sp³-hybridized carbons (Fsp3) is 0.150. The van der Waals surface area contributed by atoms with Crippen LogP contribution in [0.25, 0.3) is 0 Å². The lowest BCUT2D eigenvalue weighted by Gasteiger charge is -2.18. The summed E-state index contributed by atoms with van der Waals surface area (Å²) in [7, 11) is 1.43. The molecule has 0 saturated heterocycles. The van der Waals surface area contributed by atoms with E-state index in [1.807, 2.05) is 30.3 Å². The van der Waals surface area contributed by atoms with Crippen LogP contribution in [0.3, 0.4) is 0 Å². The maximum Gasteiger partial charge on any atom is 0.420 e. The SMILES string of the molecule is COc1ccccc1Oc1c(C(F)(F)F)ccnc1Cc1ccccc1. The number of hydrogen-bond acceptors (Lipinski definition) is 3. The number of hydrogen-bond donors (Lipinski definition) is 0. The van der Waals surface area contributed by atoms with Gasteiger partial charge in [-0.25, -0.2) is 0 Å². The second kappa shape index (κ2) is 7.47. The third kappa shape index (κ3) is 3.96. The number of alkyl halides is 3. The Balaban J connectivity index is 2.07. The van der Waals surface area contributed by atoms with Gasteiger partial charge in [0.25, 0.3) is 0 Å². The predicted octanol–water partition coefficient (Wildman–Crippen LogP) is 5.49. The summed E-state index contributed by atoms with van der Waals surface area (Å²) in [5.74, 6) is 0.228. The maximum absolute atomic E-state index is 13.5. The zero-order valence-corrected chi connectivity index (χ0v) is 14.0. The van der Waals surface area contributed by atoms with E-state index in [4.69, 9.17) is 9.47 Å². The van der Waals surface area contributed by atoms with Gasteiger partial charge < -0.3 is 9.47 Å². The standard InChI is InChI=1S/C20H16F3NO2/c1-25-17-9-5-6-10-18(17)26-19-15(20(21,22)23)11-12-24-16(19)13-14-7-3-2-4-8-14/h2-12H,13H2,1H3. The molecule has 0 N–H and O–H groups in total. The van der Waals surface area contributed by atoms with Gasteiger partial charge in [0, 0.05) is 12.6 Å². The molecule has 0 bridgehead atoms. The second-order valence-electron chi connectivity index (χ2n) is 5.55. The first-order valence-electron chi connectivity index (χ1n) is 7.89. The van der Waals surface area contributed by atoms with Crippen LogP contribution in [0.4, 0.5) is 13.2 Å². The molecule has 2 aromatic carbocycles. The van der Waals surface area contributed by atoms with Gasteiger partial charge >= 0.3 is 6.18 Å². The number of benzene rings is 2. The van der Waals surface area contributed by atoms with E-state index >= 15 is 0 Å². The van der Waals surface area contributed by atoms with Crippen molar-refractivity contribution in [2.75, 3.05) is 7.11 Å². The van der Waals surface area contributed by atoms with Crippen molar-refractivity contribution in [3.8, 4) is 17.2 Å². The molecule has 1 heterocycles. The first-order valence-corrected chi connectivity index (χ1v) is 7.89. The lowest BCUT2D eigenvalue weighted by Crippen LogP contribution is -2.10. The van der Waals surface area contributed by atoms with Crippen LogP contribution < -0.4 is 9.47 Å². The Kier molecular flexibility index (Phi) is 5.11. The van der Waals surface area contributed by atoms with Gasteiger partial charge in [-0.3, -0.25) is 4.98 Å². The normalized spacial score (nSPS) is 11.2. The summed E-state index contributed by atoms with van der Waals surface area (Å²) in [5.41, 5.74) is 0.172. The van der Waals surface area contributed by atoms with Crippen molar-refractivity contribution in [1.29, 1.82) is 0 Å². The van der Waals surface area contributed by atoms with Gasteiger partial charge in [0.1, 0.15) is 5.56 Å². The Hall–Kier alpha value is -3.02. The van der Waals surface area contributed by atoms with Crippen LogP contribution in [0.15, 0.2) is 66.9 Å². The molecule has 3 aromatic rings. The summed E-state index contributed by atoms with van der Waals surface area (Å²) in [6.07, 6.45) is -3.20. The van der Waals surface area contributed by atoms with E-state index in [2.05, 4.69) is 4.98 Å². The minimum absolute atomic E-state index is 0.197. The molecule has 26 heavy (non-hydrogen) atoms. The number of pyridine rings is 1. The van der Waals surface area contributed by atoms with E-state index in [-0.39, 0.29) is 23.6 Å². The molecule has 0 aliphatic heterocycles. The Labute approximate surface area is 149 Å². The molecule has 134 valence electrons. The lowest BCUT2D eigenvalue weighted by atomic mass is 10.1. The summed E-state index contributed by atoms with van der Waals surface area (Å²) in [6, 6.07) is 16.6. The molecule has 0 aliphatic rings. The largest absolute Gasteiger partial charge is 0.493 e. The van der Waals surface area contributed by atoms with Crippen molar-refractivity contribution in [2.45, 2.75) is 12.6 Å². The van der Waals surface area contributed by atoms with Crippen molar-refractivity contribution < 1.29 is 22.6 Å². The fourth-order valence-electron chi connectivity index (χ4n) is 2.56. The summed E-state index contributed by atoms with van der Waals surface area (Å²) >= 11 is 0. The van der Waals surface area contributed by atoms with Gasteiger partial charge in [0.2, 0.25) is 0 Å². The van der Waals surface area contributed by atoms with E-state index in [1.165, 1.54) is 7.11 Å². The Morgan fingerprint density at radius 2 is 1.54 bits per heavy atom. The quantitative estimate of drug-likeness (QED) is 0.603. The van der Waals surface area contributed by atoms with Gasteiger partial charge in [-0.15, -0.1) is 0 Å². The van der Waals surface area contributed by atoms with E-state index in [0.29, 0.717) is 5.75 Å². The van der Waals surface area contributed by atoms with E-state index in [9.17, 15) is 13.2 Å². The highest BCUT2D eigenvalue weighted by atomic mass is 19.4. The Morgan fingerprint density at radius 1 is 0.885 bits per heavy atom. The highest BCUT2D eigenvalue weighted by Crippen LogP contribution is 2.41. The van der Waals surface area contributed by atoms with Crippen LogP contribution in [0.2, 0.25) is 0 Å². The molecular weight excluding hydrogens is 343 g/mol. The van der Waals surface area contributed by atoms with Crippen LogP contribution in [-0.4, -0.2) is 12.1 Å². The number of rotatable bonds is 5. The minimum atomic E-state index is -4.56. The van der Waals surface area contributed by atoms with Crippen LogP contribution in [0.5, 0.6) is 17.2 Å². The summed E-state index contributed by atoms with van der Waals surface area (Å²) in [6.45, 7) is 0. The van der Waals surface area contributed by atoms with Crippen molar-refractivity contribution in [1.82, 2.24) is 4.98 Å². The molecule has 3 nitrogen and oxygen atoms in total. The molecule has 0 aliphatic carbocycles. The molecular formula is C20H16F3NO2. The molecule has 6 heteroatoms. The Morgan fingerprint density at radius 3 is 2.19 bits per heavy atom. The zero-order valence-electron chi connectivity index (χ0n) is 14.0. The van der Waals surface area contributed by atoms with Crippen molar-refractivity contribution >= 4 is 0 Å². The van der Waals surface area contributed by atoms with Gasteiger partial charge in [-0.2, -0.15) is 13.2 Å². The lowest BCUT2D eigenvalue weighted by molar-refractivity contribution is -0.138. The summed E-state index contributed by atoms with van der Waals surface area (Å²) < 4.78 is 51.4. The Bertz CT molecular complexity index is 880. The average molecular weight is 359 g/mol. The van der Waals surface area contributed by atoms with Crippen molar-refractivity contribution in [3.63, 3.8) is 0 Å². The molecule has 0 unspecified atom stereocenters. The predicted molar refractivity (Wildman–Crippen MR) is 91.6 cm³/mol. The first-order chi connectivity index (χ1) is 12.5. The first kappa shape index (κ1) is 17.8. The van der Waals surface area contributed by atoms with Gasteiger partial charge in [-0.1, -0.05) is 42.5 Å². The molecule has 3 rings (SSSR count). The monoisotopic (exact) mass is 359 g/mol. The number of ether oxygens (including phenoxy) is 2. The second-order valence-corrected chi connectivity index (χ2v) is 5.55. The fourth-order valence-corrected chi connectivity index (χ4v) is 2.56. The van der Waals surface area contributed by atoms with Crippen LogP contribution >= 0.6 is 0 Å². The van der Waals surface area contributed by atoms with Gasteiger partial charge in [0.15, 0.2) is 17.2 Å². The van der Waals surface area contributed by atoms with Crippen molar-refractivity contribution in [2.24, 2.45) is 0 Å². The molecule has 0 amide bonds. The number of aromatic nitrogens is 1. The third-order valence-electron chi connectivity index (χ3n) is 3.78. The highest BCUT2D eigenvalue weighted by molar-refractivity contribution is 5.48. The minimum Gasteiger partial charge on any atom is -0.493 e. The van der Waals surface area contributed by atoms with E-state index in [1.54, 1.807) is 24.3 Å². The summed E-state index contributed by atoms with van der Waals surface area (Å²) in [4.78, 5) is 4.13. The molecule has 0 fully saturated rings. The van der Waals surface area contributed by atoms with E-state index in [0.717, 1.165) is 17.8 Å². The third-order valence-corrected chi connectivity index (χ3v) is 3.78. The van der Waals surface area contributed by atoms with Crippen LogP contribution in [0, 0.1) is 0 Å². The van der Waals surface area contributed by atoms with E-state index < -0.39 is 11.7 Å².